The SMILES string of the molecule is O=C(c1ccco1)N1CCC(N2CC(Oc3ccccc3)C2c2ccncc2)CC1. The summed E-state index contributed by atoms with van der Waals surface area (Å²) in [5.41, 5.74) is 1.23. The Morgan fingerprint density at radius 2 is 1.77 bits per heavy atom. The quantitative estimate of drug-likeness (QED) is 0.649. The second-order valence-electron chi connectivity index (χ2n) is 7.89. The number of furan rings is 1. The van der Waals surface area contributed by atoms with Crippen LogP contribution in [0.2, 0.25) is 0 Å². The summed E-state index contributed by atoms with van der Waals surface area (Å²) in [6.07, 6.45) is 7.24. The van der Waals surface area contributed by atoms with Gasteiger partial charge >= 0.3 is 0 Å². The highest BCUT2D eigenvalue weighted by molar-refractivity contribution is 5.91. The molecule has 3 aromatic rings. The molecule has 2 aliphatic rings. The Balaban J connectivity index is 1.26. The molecule has 2 unspecified atom stereocenters. The molecule has 0 N–H and O–H groups in total. The maximum atomic E-state index is 12.6. The minimum absolute atomic E-state index is 0.0157. The Kier molecular flexibility index (Phi) is 5.24. The van der Waals surface area contributed by atoms with E-state index in [1.54, 1.807) is 18.4 Å². The largest absolute Gasteiger partial charge is 0.487 e. The summed E-state index contributed by atoms with van der Waals surface area (Å²) >= 11 is 0. The number of amides is 1. The van der Waals surface area contributed by atoms with Gasteiger partial charge in [-0.05, 0) is 54.8 Å². The zero-order valence-electron chi connectivity index (χ0n) is 16.8. The number of benzene rings is 1. The third-order valence-corrected chi connectivity index (χ3v) is 6.13. The van der Waals surface area contributed by atoms with E-state index >= 15 is 0 Å². The fraction of sp³-hybridized carbons (Fsp3) is 0.333. The van der Waals surface area contributed by atoms with E-state index in [1.807, 2.05) is 47.6 Å². The summed E-state index contributed by atoms with van der Waals surface area (Å²) < 4.78 is 11.6. The second-order valence-corrected chi connectivity index (χ2v) is 7.89. The number of pyridine rings is 1. The molecule has 154 valence electrons. The number of hydrogen-bond donors (Lipinski definition) is 0. The van der Waals surface area contributed by atoms with Gasteiger partial charge in [0, 0.05) is 38.1 Å². The van der Waals surface area contributed by atoms with Crippen molar-refractivity contribution in [3.8, 4) is 5.75 Å². The molecule has 2 aromatic heterocycles. The van der Waals surface area contributed by atoms with Crippen molar-refractivity contribution in [2.75, 3.05) is 19.6 Å². The normalized spacial score (nSPS) is 22.5. The topological polar surface area (TPSA) is 58.8 Å². The van der Waals surface area contributed by atoms with Crippen LogP contribution in [0, 0.1) is 0 Å². The molecule has 2 fully saturated rings. The highest BCUT2D eigenvalue weighted by Crippen LogP contribution is 2.40. The van der Waals surface area contributed by atoms with E-state index in [0.29, 0.717) is 11.8 Å². The molecule has 1 amide bonds. The number of carbonyl (C=O) groups excluding carboxylic acids is 1. The van der Waals surface area contributed by atoms with Crippen LogP contribution in [0.3, 0.4) is 0 Å². The molecule has 0 radical (unpaired) electrons. The molecule has 2 saturated heterocycles. The lowest BCUT2D eigenvalue weighted by atomic mass is 9.87. The third kappa shape index (κ3) is 3.71. The molecule has 6 heteroatoms. The van der Waals surface area contributed by atoms with Crippen LogP contribution in [0.25, 0.3) is 0 Å². The van der Waals surface area contributed by atoms with Gasteiger partial charge in [0.05, 0.1) is 12.3 Å². The predicted octanol–water partition coefficient (Wildman–Crippen LogP) is 3.78. The highest BCUT2D eigenvalue weighted by atomic mass is 16.5. The lowest BCUT2D eigenvalue weighted by Crippen LogP contribution is -2.61. The Labute approximate surface area is 176 Å². The lowest BCUT2D eigenvalue weighted by molar-refractivity contribution is -0.0843. The number of para-hydroxylation sites is 1. The molecule has 0 spiro atoms. The summed E-state index contributed by atoms with van der Waals surface area (Å²) in [4.78, 5) is 21.2. The van der Waals surface area contributed by atoms with Crippen molar-refractivity contribution < 1.29 is 13.9 Å². The monoisotopic (exact) mass is 403 g/mol. The van der Waals surface area contributed by atoms with Crippen LogP contribution in [-0.4, -0.2) is 52.5 Å². The highest BCUT2D eigenvalue weighted by Gasteiger charge is 2.46. The molecule has 0 saturated carbocycles. The first-order chi connectivity index (χ1) is 14.8. The first-order valence-corrected chi connectivity index (χ1v) is 10.5. The molecule has 2 aliphatic heterocycles. The van der Waals surface area contributed by atoms with E-state index in [4.69, 9.17) is 9.15 Å². The van der Waals surface area contributed by atoms with Crippen LogP contribution >= 0.6 is 0 Å². The summed E-state index contributed by atoms with van der Waals surface area (Å²) in [5, 5.41) is 0. The first kappa shape index (κ1) is 18.9. The Morgan fingerprint density at radius 3 is 2.47 bits per heavy atom. The van der Waals surface area contributed by atoms with Crippen LogP contribution in [0.15, 0.2) is 77.7 Å². The number of rotatable bonds is 5. The zero-order chi connectivity index (χ0) is 20.3. The van der Waals surface area contributed by atoms with Crippen molar-refractivity contribution in [2.24, 2.45) is 0 Å². The molecule has 2 atom stereocenters. The smallest absolute Gasteiger partial charge is 0.289 e. The maximum Gasteiger partial charge on any atom is 0.289 e. The van der Waals surface area contributed by atoms with Gasteiger partial charge in [0.15, 0.2) is 5.76 Å². The van der Waals surface area contributed by atoms with Crippen molar-refractivity contribution in [3.63, 3.8) is 0 Å². The van der Waals surface area contributed by atoms with Gasteiger partial charge in [-0.2, -0.15) is 0 Å². The van der Waals surface area contributed by atoms with E-state index in [1.165, 1.54) is 5.56 Å². The van der Waals surface area contributed by atoms with Crippen LogP contribution in [-0.2, 0) is 0 Å². The molecule has 1 aromatic carbocycles. The van der Waals surface area contributed by atoms with Gasteiger partial charge in [-0.25, -0.2) is 0 Å². The number of piperidine rings is 1. The van der Waals surface area contributed by atoms with Crippen LogP contribution in [0.1, 0.15) is 35.0 Å². The minimum Gasteiger partial charge on any atom is -0.487 e. The standard InChI is InChI=1S/C24H25N3O3/c28-24(21-7-4-16-29-21)26-14-10-19(11-15-26)27-17-22(30-20-5-2-1-3-6-20)23(27)18-8-12-25-13-9-18/h1-9,12-13,16,19,22-23H,10-11,14-15,17H2. The van der Waals surface area contributed by atoms with Crippen molar-refractivity contribution in [2.45, 2.75) is 31.0 Å². The number of carbonyl (C=O) groups is 1. The van der Waals surface area contributed by atoms with Crippen molar-refractivity contribution in [3.05, 3.63) is 84.6 Å². The average molecular weight is 403 g/mol. The number of hydrogen-bond acceptors (Lipinski definition) is 5. The van der Waals surface area contributed by atoms with E-state index < -0.39 is 0 Å². The number of likely N-dealkylation sites (tertiary alicyclic amines) is 2. The van der Waals surface area contributed by atoms with Crippen LogP contribution < -0.4 is 4.74 Å². The van der Waals surface area contributed by atoms with Crippen molar-refractivity contribution in [1.29, 1.82) is 0 Å². The number of aromatic nitrogens is 1. The Bertz CT molecular complexity index is 954. The lowest BCUT2D eigenvalue weighted by Gasteiger charge is -2.53. The molecule has 6 nitrogen and oxygen atoms in total. The predicted molar refractivity (Wildman–Crippen MR) is 112 cm³/mol. The van der Waals surface area contributed by atoms with E-state index in [-0.39, 0.29) is 18.1 Å². The molecule has 5 rings (SSSR count). The molecule has 0 bridgehead atoms. The second kappa shape index (κ2) is 8.32. The van der Waals surface area contributed by atoms with Gasteiger partial charge in [0.25, 0.3) is 5.91 Å². The third-order valence-electron chi connectivity index (χ3n) is 6.13. The summed E-state index contributed by atoms with van der Waals surface area (Å²) in [6, 6.07) is 18.3. The maximum absolute atomic E-state index is 12.6. The van der Waals surface area contributed by atoms with Gasteiger partial charge in [-0.15, -0.1) is 0 Å². The molecular weight excluding hydrogens is 378 g/mol. The number of nitrogens with zero attached hydrogens (tertiary/aromatic N) is 3. The van der Waals surface area contributed by atoms with Crippen molar-refractivity contribution in [1.82, 2.24) is 14.8 Å². The van der Waals surface area contributed by atoms with Gasteiger partial charge in [0.1, 0.15) is 11.9 Å². The summed E-state index contributed by atoms with van der Waals surface area (Å²) in [6.45, 7) is 2.38. The Morgan fingerprint density at radius 1 is 1.00 bits per heavy atom. The summed E-state index contributed by atoms with van der Waals surface area (Å²) in [5.74, 6) is 1.31. The fourth-order valence-corrected chi connectivity index (χ4v) is 4.57. The van der Waals surface area contributed by atoms with Crippen LogP contribution in [0.5, 0.6) is 5.75 Å². The van der Waals surface area contributed by atoms with E-state index in [2.05, 4.69) is 22.0 Å². The van der Waals surface area contributed by atoms with Gasteiger partial charge < -0.3 is 14.1 Å². The molecule has 30 heavy (non-hydrogen) atoms. The minimum atomic E-state index is -0.0157. The van der Waals surface area contributed by atoms with E-state index in [0.717, 1.165) is 38.2 Å². The van der Waals surface area contributed by atoms with Crippen LogP contribution in [0.4, 0.5) is 0 Å². The van der Waals surface area contributed by atoms with Crippen molar-refractivity contribution >= 4 is 5.91 Å². The first-order valence-electron chi connectivity index (χ1n) is 10.5. The van der Waals surface area contributed by atoms with Gasteiger partial charge in [0.2, 0.25) is 0 Å². The molecular formula is C24H25N3O3. The van der Waals surface area contributed by atoms with E-state index in [9.17, 15) is 4.79 Å². The summed E-state index contributed by atoms with van der Waals surface area (Å²) in [7, 11) is 0. The fourth-order valence-electron chi connectivity index (χ4n) is 4.57. The van der Waals surface area contributed by atoms with Gasteiger partial charge in [-0.1, -0.05) is 18.2 Å². The van der Waals surface area contributed by atoms with Gasteiger partial charge in [-0.3, -0.25) is 14.7 Å². The average Bonchev–Trinajstić information content (AvgIpc) is 3.32. The molecule has 0 aliphatic carbocycles. The number of ether oxygens (including phenoxy) is 1. The molecule has 4 heterocycles. The Hall–Kier alpha value is -3.12. The zero-order valence-corrected chi connectivity index (χ0v) is 16.8.